The van der Waals surface area contributed by atoms with Gasteiger partial charge in [-0.25, -0.2) is 0 Å². The van der Waals surface area contributed by atoms with Crippen LogP contribution < -0.4 is 0 Å². The highest BCUT2D eigenvalue weighted by Crippen LogP contribution is 2.35. The summed E-state index contributed by atoms with van der Waals surface area (Å²) < 4.78 is 2.69. The van der Waals surface area contributed by atoms with Gasteiger partial charge in [-0.2, -0.15) is 0 Å². The molecule has 0 aliphatic heterocycles. The second kappa shape index (κ2) is 9.30. The Balaban J connectivity index is 2.14. The van der Waals surface area contributed by atoms with Gasteiger partial charge in [0.15, 0.2) is 0 Å². The molecule has 0 N–H and O–H groups in total. The van der Waals surface area contributed by atoms with Crippen molar-refractivity contribution in [3.63, 3.8) is 0 Å². The Kier molecular flexibility index (Phi) is 8.10. The maximum Gasteiger partial charge on any atom is 0.0277 e. The van der Waals surface area contributed by atoms with E-state index in [9.17, 15) is 0 Å². The Labute approximate surface area is 167 Å². The monoisotopic (exact) mass is 558 g/mol. The standard InChI is InChI=1S/C16H16I2S3/c1-3-19-15-7-5-11(9-13(15)17)21-12-6-8-16(20-4-2)14(18)10-12/h5-10H,3-4H2,1-2H3. The second-order valence-electron chi connectivity index (χ2n) is 4.15. The molecule has 2 aromatic carbocycles. The minimum absolute atomic E-state index is 1.12. The summed E-state index contributed by atoms with van der Waals surface area (Å²) in [5.41, 5.74) is 0. The van der Waals surface area contributed by atoms with Crippen LogP contribution >= 0.6 is 80.5 Å². The molecule has 0 atom stereocenters. The average molecular weight is 558 g/mol. The summed E-state index contributed by atoms with van der Waals surface area (Å²) in [5.74, 6) is 2.24. The van der Waals surface area contributed by atoms with Crippen LogP contribution in [0.15, 0.2) is 56.0 Å². The maximum absolute atomic E-state index is 2.44. The van der Waals surface area contributed by atoms with E-state index in [1.807, 2.05) is 35.3 Å². The maximum atomic E-state index is 2.44. The fourth-order valence-electron chi connectivity index (χ4n) is 1.77. The lowest BCUT2D eigenvalue weighted by atomic mass is 10.4. The Morgan fingerprint density at radius 2 is 1.19 bits per heavy atom. The topological polar surface area (TPSA) is 0 Å². The third-order valence-corrected chi connectivity index (χ3v) is 8.05. The zero-order chi connectivity index (χ0) is 15.2. The second-order valence-corrected chi connectivity index (χ2v) is 10.2. The van der Waals surface area contributed by atoms with Crippen LogP contribution in [-0.2, 0) is 0 Å². The summed E-state index contributed by atoms with van der Waals surface area (Å²) in [6.45, 7) is 4.39. The molecule has 0 radical (unpaired) electrons. The first kappa shape index (κ1) is 18.3. The van der Waals surface area contributed by atoms with E-state index in [1.54, 1.807) is 0 Å². The molecule has 112 valence electrons. The van der Waals surface area contributed by atoms with Gasteiger partial charge < -0.3 is 0 Å². The van der Waals surface area contributed by atoms with Crippen molar-refractivity contribution >= 4 is 80.5 Å². The lowest BCUT2D eigenvalue weighted by Gasteiger charge is -2.08. The van der Waals surface area contributed by atoms with E-state index in [4.69, 9.17) is 0 Å². The van der Waals surface area contributed by atoms with Crippen LogP contribution in [0.25, 0.3) is 0 Å². The van der Waals surface area contributed by atoms with Gasteiger partial charge in [0, 0.05) is 26.7 Å². The van der Waals surface area contributed by atoms with Crippen LogP contribution in [0.1, 0.15) is 13.8 Å². The van der Waals surface area contributed by atoms with Crippen molar-refractivity contribution in [3.8, 4) is 0 Å². The summed E-state index contributed by atoms with van der Waals surface area (Å²) in [5, 5.41) is 0. The predicted molar refractivity (Wildman–Crippen MR) is 115 cm³/mol. The summed E-state index contributed by atoms with van der Waals surface area (Å²) in [4.78, 5) is 5.39. The highest BCUT2D eigenvalue weighted by molar-refractivity contribution is 14.1. The van der Waals surface area contributed by atoms with Gasteiger partial charge in [-0.1, -0.05) is 25.6 Å². The third kappa shape index (κ3) is 5.51. The van der Waals surface area contributed by atoms with Crippen LogP contribution in [0.4, 0.5) is 0 Å². The molecule has 0 heterocycles. The van der Waals surface area contributed by atoms with Gasteiger partial charge in [0.25, 0.3) is 0 Å². The first-order valence-corrected chi connectivity index (χ1v) is 11.6. The number of benzene rings is 2. The van der Waals surface area contributed by atoms with Crippen LogP contribution in [0.3, 0.4) is 0 Å². The molecule has 0 unspecified atom stereocenters. The van der Waals surface area contributed by atoms with E-state index in [2.05, 4.69) is 95.4 Å². The molecule has 0 aliphatic rings. The number of hydrogen-bond donors (Lipinski definition) is 0. The fraction of sp³-hybridized carbons (Fsp3) is 0.250. The average Bonchev–Trinajstić information content (AvgIpc) is 2.45. The highest BCUT2D eigenvalue weighted by Gasteiger charge is 2.05. The molecule has 2 rings (SSSR count). The van der Waals surface area contributed by atoms with Gasteiger partial charge in [-0.15, -0.1) is 23.5 Å². The molecule has 2 aromatic rings. The number of hydrogen-bond acceptors (Lipinski definition) is 3. The highest BCUT2D eigenvalue weighted by atomic mass is 127. The molecule has 0 fully saturated rings. The lowest BCUT2D eigenvalue weighted by molar-refractivity contribution is 1.27. The van der Waals surface area contributed by atoms with Crippen molar-refractivity contribution in [2.75, 3.05) is 11.5 Å². The smallest absolute Gasteiger partial charge is 0.0277 e. The molecule has 0 bridgehead atoms. The summed E-state index contributed by atoms with van der Waals surface area (Å²) in [6.07, 6.45) is 0. The van der Waals surface area contributed by atoms with Crippen molar-refractivity contribution < 1.29 is 0 Å². The van der Waals surface area contributed by atoms with E-state index in [0.29, 0.717) is 0 Å². The van der Waals surface area contributed by atoms with Crippen LogP contribution in [-0.4, -0.2) is 11.5 Å². The molecular formula is C16H16I2S3. The van der Waals surface area contributed by atoms with Gasteiger partial charge in [-0.3, -0.25) is 0 Å². The summed E-state index contributed by atoms with van der Waals surface area (Å²) >= 11 is 10.5. The molecule has 0 amide bonds. The van der Waals surface area contributed by atoms with Crippen molar-refractivity contribution in [3.05, 3.63) is 43.5 Å². The van der Waals surface area contributed by atoms with Crippen LogP contribution in [0.5, 0.6) is 0 Å². The van der Waals surface area contributed by atoms with E-state index in [1.165, 1.54) is 26.7 Å². The molecule has 0 aromatic heterocycles. The molecule has 0 saturated heterocycles. The van der Waals surface area contributed by atoms with Gasteiger partial charge in [0.1, 0.15) is 0 Å². The first-order valence-electron chi connectivity index (χ1n) is 6.66. The molecule has 5 heteroatoms. The van der Waals surface area contributed by atoms with Crippen molar-refractivity contribution in [2.45, 2.75) is 33.4 Å². The predicted octanol–water partition coefficient (Wildman–Crippen LogP) is 7.27. The summed E-state index contributed by atoms with van der Waals surface area (Å²) in [6, 6.07) is 13.5. The van der Waals surface area contributed by atoms with Crippen LogP contribution in [0.2, 0.25) is 0 Å². The lowest BCUT2D eigenvalue weighted by Crippen LogP contribution is -1.84. The minimum Gasteiger partial charge on any atom is -0.125 e. The first-order chi connectivity index (χ1) is 10.1. The van der Waals surface area contributed by atoms with E-state index >= 15 is 0 Å². The normalized spacial score (nSPS) is 10.9. The zero-order valence-electron chi connectivity index (χ0n) is 11.9. The molecule has 0 aliphatic carbocycles. The summed E-state index contributed by atoms with van der Waals surface area (Å²) in [7, 11) is 0. The fourth-order valence-corrected chi connectivity index (χ4v) is 6.40. The van der Waals surface area contributed by atoms with Gasteiger partial charge >= 0.3 is 0 Å². The number of halogens is 2. The molecule has 0 saturated carbocycles. The van der Waals surface area contributed by atoms with Gasteiger partial charge in [0.05, 0.1) is 0 Å². The van der Waals surface area contributed by atoms with Gasteiger partial charge in [0.2, 0.25) is 0 Å². The van der Waals surface area contributed by atoms with Crippen LogP contribution in [0, 0.1) is 7.14 Å². The van der Waals surface area contributed by atoms with E-state index in [-0.39, 0.29) is 0 Å². The Hall–Kier alpha value is 0.950. The Morgan fingerprint density at radius 1 is 0.762 bits per heavy atom. The molecular weight excluding hydrogens is 542 g/mol. The number of rotatable bonds is 6. The number of thioether (sulfide) groups is 2. The van der Waals surface area contributed by atoms with Crippen molar-refractivity contribution in [2.24, 2.45) is 0 Å². The molecule has 0 spiro atoms. The zero-order valence-corrected chi connectivity index (χ0v) is 18.6. The Bertz CT molecular complexity index is 561. The van der Waals surface area contributed by atoms with Crippen molar-refractivity contribution in [1.29, 1.82) is 0 Å². The molecule has 0 nitrogen and oxygen atoms in total. The minimum atomic E-state index is 1.12. The largest absolute Gasteiger partial charge is 0.125 e. The van der Waals surface area contributed by atoms with Gasteiger partial charge in [-0.05, 0) is 93.1 Å². The van der Waals surface area contributed by atoms with E-state index < -0.39 is 0 Å². The SMILES string of the molecule is CCSc1ccc(Sc2ccc(SCC)c(I)c2)cc1I. The molecule has 21 heavy (non-hydrogen) atoms. The van der Waals surface area contributed by atoms with Crippen molar-refractivity contribution in [1.82, 2.24) is 0 Å². The quantitative estimate of drug-likeness (QED) is 0.271. The van der Waals surface area contributed by atoms with E-state index in [0.717, 1.165) is 11.5 Å². The Morgan fingerprint density at radius 3 is 1.52 bits per heavy atom. The third-order valence-electron chi connectivity index (χ3n) is 2.64.